The van der Waals surface area contributed by atoms with Gasteiger partial charge in [-0.1, -0.05) is 30.3 Å². The van der Waals surface area contributed by atoms with Crippen LogP contribution in [-0.4, -0.2) is 47.7 Å². The minimum atomic E-state index is -0.635. The maximum atomic E-state index is 10.4. The molecule has 1 aliphatic rings. The summed E-state index contributed by atoms with van der Waals surface area (Å²) in [5.41, 5.74) is 3.90. The van der Waals surface area contributed by atoms with E-state index in [4.69, 9.17) is 10.00 Å². The molecule has 0 heterocycles. The Morgan fingerprint density at radius 2 is 1.88 bits per heavy atom. The second kappa shape index (κ2) is 13.6. The molecule has 0 amide bonds. The first kappa shape index (κ1) is 25.5. The van der Waals surface area contributed by atoms with Crippen molar-refractivity contribution in [3.05, 3.63) is 88.7 Å². The van der Waals surface area contributed by atoms with Crippen molar-refractivity contribution < 1.29 is 20.1 Å². The Bertz CT molecular complexity index is 1010. The topological polar surface area (TPSA) is 106 Å². The fourth-order valence-electron chi connectivity index (χ4n) is 3.96. The van der Waals surface area contributed by atoms with Crippen molar-refractivity contribution in [3.8, 4) is 11.8 Å². The number of aliphatic hydroxyl groups is 3. The summed E-state index contributed by atoms with van der Waals surface area (Å²) in [6, 6.07) is 18.0. The van der Waals surface area contributed by atoms with Gasteiger partial charge in [0.05, 0.1) is 36.7 Å². The van der Waals surface area contributed by atoms with E-state index in [1.54, 1.807) is 12.2 Å². The maximum Gasteiger partial charge on any atom is 0.119 e. The molecule has 2 aromatic carbocycles. The summed E-state index contributed by atoms with van der Waals surface area (Å²) in [5.74, 6) is 0.704. The predicted octanol–water partition coefficient (Wildman–Crippen LogP) is 3.83. The van der Waals surface area contributed by atoms with E-state index >= 15 is 0 Å². The highest BCUT2D eigenvalue weighted by atomic mass is 16.5. The molecule has 0 spiro atoms. The molecule has 6 nitrogen and oxygen atoms in total. The molecule has 4 N–H and O–H groups in total. The highest BCUT2D eigenvalue weighted by molar-refractivity contribution is 5.33. The number of aryl methyl sites for hydroxylation is 1. The minimum Gasteiger partial charge on any atom is -0.512 e. The Hall–Kier alpha value is -3.11. The highest BCUT2D eigenvalue weighted by Gasteiger charge is 2.22. The van der Waals surface area contributed by atoms with Crippen molar-refractivity contribution in [2.24, 2.45) is 5.92 Å². The summed E-state index contributed by atoms with van der Waals surface area (Å²) in [5, 5.41) is 41.6. The van der Waals surface area contributed by atoms with Crippen LogP contribution in [0.3, 0.4) is 0 Å². The Labute approximate surface area is 201 Å². The molecular formula is C28H34N2O4. The zero-order valence-electron chi connectivity index (χ0n) is 19.5. The summed E-state index contributed by atoms with van der Waals surface area (Å²) < 4.78 is 5.85. The Kier molecular flexibility index (Phi) is 10.2. The number of nitriles is 1. The van der Waals surface area contributed by atoms with E-state index in [2.05, 4.69) is 29.6 Å². The molecular weight excluding hydrogens is 428 g/mol. The lowest BCUT2D eigenvalue weighted by atomic mass is 9.90. The first-order valence-electron chi connectivity index (χ1n) is 11.9. The zero-order valence-corrected chi connectivity index (χ0v) is 19.5. The van der Waals surface area contributed by atoms with Crippen LogP contribution in [0.2, 0.25) is 0 Å². The number of aliphatic hydroxyl groups excluding tert-OH is 3. The van der Waals surface area contributed by atoms with Crippen molar-refractivity contribution in [2.75, 3.05) is 26.3 Å². The Morgan fingerprint density at radius 3 is 2.65 bits per heavy atom. The number of hydrogen-bond donors (Lipinski definition) is 4. The number of ether oxygens (including phenoxy) is 1. The molecule has 0 saturated heterocycles. The van der Waals surface area contributed by atoms with E-state index in [9.17, 15) is 15.3 Å². The van der Waals surface area contributed by atoms with Gasteiger partial charge in [0.2, 0.25) is 0 Å². The largest absolute Gasteiger partial charge is 0.512 e. The molecule has 0 bridgehead atoms. The van der Waals surface area contributed by atoms with Gasteiger partial charge in [-0.2, -0.15) is 5.26 Å². The first-order chi connectivity index (χ1) is 16.6. The molecule has 3 rings (SSSR count). The van der Waals surface area contributed by atoms with Gasteiger partial charge >= 0.3 is 0 Å². The summed E-state index contributed by atoms with van der Waals surface area (Å²) in [7, 11) is 0. The minimum absolute atomic E-state index is 0.128. The molecule has 0 aromatic heterocycles. The van der Waals surface area contributed by atoms with E-state index in [1.165, 1.54) is 11.1 Å². The molecule has 0 saturated carbocycles. The number of hydrogen-bond acceptors (Lipinski definition) is 6. The van der Waals surface area contributed by atoms with E-state index in [0.29, 0.717) is 25.1 Å². The molecule has 0 aliphatic heterocycles. The maximum absolute atomic E-state index is 10.4. The van der Waals surface area contributed by atoms with Gasteiger partial charge in [-0.25, -0.2) is 0 Å². The number of nitrogens with zero attached hydrogens (tertiary/aromatic N) is 1. The lowest BCUT2D eigenvalue weighted by Gasteiger charge is -2.23. The van der Waals surface area contributed by atoms with Crippen LogP contribution in [0.5, 0.6) is 5.75 Å². The van der Waals surface area contributed by atoms with Crippen LogP contribution in [0.4, 0.5) is 0 Å². The highest BCUT2D eigenvalue weighted by Crippen LogP contribution is 2.25. The molecule has 2 unspecified atom stereocenters. The third-order valence-corrected chi connectivity index (χ3v) is 6.05. The molecule has 6 heteroatoms. The monoisotopic (exact) mass is 462 g/mol. The van der Waals surface area contributed by atoms with Crippen molar-refractivity contribution in [1.82, 2.24) is 5.32 Å². The number of allylic oxidation sites excluding steroid dienone is 2. The lowest BCUT2D eigenvalue weighted by molar-refractivity contribution is 0.173. The van der Waals surface area contributed by atoms with Crippen molar-refractivity contribution in [1.29, 1.82) is 5.26 Å². The second-order valence-corrected chi connectivity index (χ2v) is 8.65. The molecule has 1 aliphatic carbocycles. The molecule has 34 heavy (non-hydrogen) atoms. The summed E-state index contributed by atoms with van der Waals surface area (Å²) in [4.78, 5) is 0. The van der Waals surface area contributed by atoms with Gasteiger partial charge in [0.25, 0.3) is 0 Å². The van der Waals surface area contributed by atoms with Crippen LogP contribution < -0.4 is 10.1 Å². The molecule has 2 aromatic rings. The fourth-order valence-corrected chi connectivity index (χ4v) is 3.96. The van der Waals surface area contributed by atoms with Crippen LogP contribution in [0, 0.1) is 17.2 Å². The van der Waals surface area contributed by atoms with E-state index in [1.807, 2.05) is 30.3 Å². The lowest BCUT2D eigenvalue weighted by Crippen LogP contribution is -2.31. The summed E-state index contributed by atoms with van der Waals surface area (Å²) >= 11 is 0. The zero-order chi connectivity index (χ0) is 24.2. The molecule has 180 valence electrons. The smallest absolute Gasteiger partial charge is 0.119 e. The van der Waals surface area contributed by atoms with Crippen LogP contribution in [-0.2, 0) is 12.8 Å². The van der Waals surface area contributed by atoms with E-state index in [0.717, 1.165) is 43.6 Å². The van der Waals surface area contributed by atoms with Gasteiger partial charge in [-0.15, -0.1) is 0 Å². The quantitative estimate of drug-likeness (QED) is 0.337. The number of benzene rings is 2. The Morgan fingerprint density at radius 1 is 1.06 bits per heavy atom. The predicted molar refractivity (Wildman–Crippen MR) is 133 cm³/mol. The van der Waals surface area contributed by atoms with Crippen molar-refractivity contribution in [3.63, 3.8) is 0 Å². The average molecular weight is 463 g/mol. The standard InChI is InChI=1S/C28H34N2O4/c29-18-23-6-3-5-22(16-23)4-1-2-15-34-26-10-7-21(8-11-26)13-14-30-19-28(33)24-9-12-27(32)25(17-24)20-31/h3,5-12,16,25,28,30-33H,1-2,4,13-15,17,19-20H2. The average Bonchev–Trinajstić information content (AvgIpc) is 2.87. The van der Waals surface area contributed by atoms with Crippen LogP contribution in [0.15, 0.2) is 72.0 Å². The van der Waals surface area contributed by atoms with Crippen LogP contribution in [0.1, 0.15) is 36.0 Å². The van der Waals surface area contributed by atoms with Gasteiger partial charge in [-0.05, 0) is 85.7 Å². The number of nitrogens with one attached hydrogen (secondary N) is 1. The third-order valence-electron chi connectivity index (χ3n) is 6.05. The van der Waals surface area contributed by atoms with E-state index in [-0.39, 0.29) is 18.3 Å². The first-order valence-corrected chi connectivity index (χ1v) is 11.9. The summed E-state index contributed by atoms with van der Waals surface area (Å²) in [6.07, 6.45) is 6.88. The van der Waals surface area contributed by atoms with Gasteiger partial charge in [0, 0.05) is 12.5 Å². The SMILES string of the molecule is N#Cc1cccc(CCCCOc2ccc(CCNCC(O)C3=CC=C(O)C(CO)C3)cc2)c1. The van der Waals surface area contributed by atoms with Crippen LogP contribution in [0.25, 0.3) is 0 Å². The fraction of sp³-hybridized carbons (Fsp3) is 0.393. The normalized spacial score (nSPS) is 16.3. The van der Waals surface area contributed by atoms with Crippen LogP contribution >= 0.6 is 0 Å². The van der Waals surface area contributed by atoms with Crippen molar-refractivity contribution in [2.45, 2.75) is 38.2 Å². The second-order valence-electron chi connectivity index (χ2n) is 8.65. The molecule has 0 radical (unpaired) electrons. The van der Waals surface area contributed by atoms with Crippen molar-refractivity contribution >= 4 is 0 Å². The third kappa shape index (κ3) is 8.03. The van der Waals surface area contributed by atoms with Gasteiger partial charge < -0.3 is 25.4 Å². The van der Waals surface area contributed by atoms with Gasteiger partial charge in [-0.3, -0.25) is 0 Å². The van der Waals surface area contributed by atoms with E-state index < -0.39 is 6.10 Å². The van der Waals surface area contributed by atoms with Gasteiger partial charge in [0.15, 0.2) is 0 Å². The number of rotatable bonds is 13. The Balaban J connectivity index is 1.29. The molecule has 0 fully saturated rings. The summed E-state index contributed by atoms with van der Waals surface area (Å²) in [6.45, 7) is 1.71. The van der Waals surface area contributed by atoms with Gasteiger partial charge in [0.1, 0.15) is 5.75 Å². The molecule has 2 atom stereocenters. The number of unbranched alkanes of at least 4 members (excludes halogenated alkanes) is 1.